The summed E-state index contributed by atoms with van der Waals surface area (Å²) in [6, 6.07) is 9.47. The van der Waals surface area contributed by atoms with E-state index in [1.165, 1.54) is 36.4 Å². The smallest absolute Gasteiger partial charge is 0.245 e. The minimum Gasteiger partial charge on any atom is -0.508 e. The zero-order chi connectivity index (χ0) is 19.7. The molecule has 2 aromatic carbocycles. The zero-order valence-corrected chi connectivity index (χ0v) is 14.0. The lowest BCUT2D eigenvalue weighted by atomic mass is 10.1. The van der Waals surface area contributed by atoms with Gasteiger partial charge in [-0.25, -0.2) is 19.0 Å². The Morgan fingerprint density at radius 3 is 2.43 bits per heavy atom. The minimum atomic E-state index is -0.397. The van der Waals surface area contributed by atoms with Crippen LogP contribution < -0.4 is 11.2 Å². The molecule has 0 fully saturated rings. The molecule has 11 heteroatoms. The third kappa shape index (κ3) is 3.11. The van der Waals surface area contributed by atoms with Crippen molar-refractivity contribution < 1.29 is 19.2 Å². The fourth-order valence-electron chi connectivity index (χ4n) is 2.54. The summed E-state index contributed by atoms with van der Waals surface area (Å²) in [7, 11) is 0. The topological polar surface area (TPSA) is 156 Å². The van der Waals surface area contributed by atoms with Crippen molar-refractivity contribution in [2.75, 3.05) is 5.32 Å². The number of aromatic nitrogens is 4. The van der Waals surface area contributed by atoms with Crippen LogP contribution in [0.15, 0.2) is 52.2 Å². The predicted octanol–water partition coefficient (Wildman–Crippen LogP) is 2.02. The molecule has 0 amide bonds. The van der Waals surface area contributed by atoms with Gasteiger partial charge in [0, 0.05) is 17.3 Å². The maximum atomic E-state index is 13.2. The van der Waals surface area contributed by atoms with E-state index in [-0.39, 0.29) is 45.6 Å². The van der Waals surface area contributed by atoms with Gasteiger partial charge in [0.1, 0.15) is 28.7 Å². The van der Waals surface area contributed by atoms with Crippen LogP contribution in [-0.2, 0) is 0 Å². The molecule has 0 saturated heterocycles. The maximum Gasteiger partial charge on any atom is 0.245 e. The van der Waals surface area contributed by atoms with Crippen LogP contribution in [0.25, 0.3) is 11.3 Å². The van der Waals surface area contributed by atoms with Gasteiger partial charge in [-0.15, -0.1) is 0 Å². The second kappa shape index (κ2) is 6.79. The molecule has 10 nitrogen and oxygen atoms in total. The third-order valence-corrected chi connectivity index (χ3v) is 3.81. The highest BCUT2D eigenvalue weighted by molar-refractivity contribution is 6.16. The molecule has 0 aliphatic rings. The summed E-state index contributed by atoms with van der Waals surface area (Å²) in [5.41, 5.74) is 1.14. The first kappa shape index (κ1) is 17.1. The largest absolute Gasteiger partial charge is 0.508 e. The normalized spacial score (nSPS) is 11.7. The summed E-state index contributed by atoms with van der Waals surface area (Å²) in [5.74, 6) is 4.93. The molecule has 4 aromatic rings. The number of hydrogen-bond donors (Lipinski definition) is 4. The lowest BCUT2D eigenvalue weighted by Crippen LogP contribution is -2.13. The van der Waals surface area contributed by atoms with Crippen molar-refractivity contribution >= 4 is 28.5 Å². The van der Waals surface area contributed by atoms with E-state index in [9.17, 15) is 14.6 Å². The Balaban J connectivity index is 1.87. The summed E-state index contributed by atoms with van der Waals surface area (Å²) in [6.07, 6.45) is 0. The molecule has 0 unspecified atom stereocenters. The number of hydrogen-bond acceptors (Lipinski definition) is 10. The Kier molecular flexibility index (Phi) is 4.16. The number of hydrazone groups is 1. The lowest BCUT2D eigenvalue weighted by Gasteiger charge is -2.12. The quantitative estimate of drug-likeness (QED) is 0.236. The average Bonchev–Trinajstić information content (AvgIpc) is 3.13. The fraction of sp³-hybridized carbons (Fsp3) is 0. The summed E-state index contributed by atoms with van der Waals surface area (Å²) in [5, 5.41) is 33.7. The number of halogens is 1. The summed E-state index contributed by atoms with van der Waals surface area (Å²) in [6.45, 7) is 0. The van der Waals surface area contributed by atoms with Crippen molar-refractivity contribution in [1.82, 2.24) is 20.3 Å². The Labute approximate surface area is 156 Å². The highest BCUT2D eigenvalue weighted by atomic mass is 19.1. The van der Waals surface area contributed by atoms with Crippen molar-refractivity contribution in [2.45, 2.75) is 0 Å². The fourth-order valence-corrected chi connectivity index (χ4v) is 2.54. The van der Waals surface area contributed by atoms with Gasteiger partial charge in [-0.1, -0.05) is 0 Å². The van der Waals surface area contributed by atoms with Gasteiger partial charge in [-0.2, -0.15) is 5.10 Å². The van der Waals surface area contributed by atoms with Crippen LogP contribution in [0.3, 0.4) is 0 Å². The van der Waals surface area contributed by atoms with Gasteiger partial charge in [0.05, 0.1) is 0 Å². The van der Waals surface area contributed by atoms with Crippen molar-refractivity contribution in [3.05, 3.63) is 59.5 Å². The number of phenols is 2. The standard InChI is InChI=1S/C17H12FN7O3/c18-8-1-3-9(4-2-8)20-15-14(21-16-17(22-15)25-28-24-16)13(23-19)11-6-5-10(26)7-12(11)27/h1-7,26-27H,19H2,(H,20,22,25)/b23-13+. The van der Waals surface area contributed by atoms with Crippen LogP contribution in [0.2, 0.25) is 0 Å². The van der Waals surface area contributed by atoms with Gasteiger partial charge >= 0.3 is 0 Å². The molecule has 2 aromatic heterocycles. The molecular formula is C17H12FN7O3. The van der Waals surface area contributed by atoms with E-state index >= 15 is 0 Å². The molecule has 0 radical (unpaired) electrons. The van der Waals surface area contributed by atoms with Crippen molar-refractivity contribution in [3.8, 4) is 11.5 Å². The van der Waals surface area contributed by atoms with E-state index in [0.29, 0.717) is 5.69 Å². The third-order valence-electron chi connectivity index (χ3n) is 3.81. The van der Waals surface area contributed by atoms with Crippen molar-refractivity contribution in [3.63, 3.8) is 0 Å². The first-order chi connectivity index (χ1) is 13.5. The first-order valence-corrected chi connectivity index (χ1v) is 7.88. The molecule has 4 rings (SSSR count). The van der Waals surface area contributed by atoms with Crippen LogP contribution in [0, 0.1) is 5.82 Å². The van der Waals surface area contributed by atoms with Gasteiger partial charge in [0.2, 0.25) is 11.3 Å². The molecule has 28 heavy (non-hydrogen) atoms. The number of benzene rings is 2. The SMILES string of the molecule is N/N=C(\c1ccc(O)cc1O)c1nc2nonc2nc1Nc1ccc(F)cc1. The Morgan fingerprint density at radius 1 is 1.04 bits per heavy atom. The van der Waals surface area contributed by atoms with Crippen LogP contribution in [0.4, 0.5) is 15.9 Å². The van der Waals surface area contributed by atoms with E-state index < -0.39 is 5.82 Å². The molecule has 140 valence electrons. The highest BCUT2D eigenvalue weighted by Crippen LogP contribution is 2.28. The second-order valence-corrected chi connectivity index (χ2v) is 5.64. The zero-order valence-electron chi connectivity index (χ0n) is 14.0. The number of phenolic OH excluding ortho intramolecular Hbond substituents is 2. The monoisotopic (exact) mass is 381 g/mol. The molecule has 0 spiro atoms. The number of nitrogens with zero attached hydrogens (tertiary/aromatic N) is 5. The van der Waals surface area contributed by atoms with E-state index in [2.05, 4.69) is 35.3 Å². The summed E-state index contributed by atoms with van der Waals surface area (Å²) in [4.78, 5) is 8.60. The van der Waals surface area contributed by atoms with Gasteiger partial charge < -0.3 is 21.4 Å². The summed E-state index contributed by atoms with van der Waals surface area (Å²) >= 11 is 0. The van der Waals surface area contributed by atoms with Gasteiger partial charge in [-0.05, 0) is 46.7 Å². The van der Waals surface area contributed by atoms with Gasteiger partial charge in [-0.3, -0.25) is 0 Å². The number of nitrogens with one attached hydrogen (secondary N) is 1. The number of fused-ring (bicyclic) bond motifs is 1. The highest BCUT2D eigenvalue weighted by Gasteiger charge is 2.21. The van der Waals surface area contributed by atoms with Crippen molar-refractivity contribution in [2.24, 2.45) is 10.9 Å². The van der Waals surface area contributed by atoms with Crippen LogP contribution in [0.1, 0.15) is 11.3 Å². The molecule has 5 N–H and O–H groups in total. The Morgan fingerprint density at radius 2 is 1.75 bits per heavy atom. The molecule has 2 heterocycles. The molecule has 0 atom stereocenters. The lowest BCUT2D eigenvalue weighted by molar-refractivity contribution is 0.314. The van der Waals surface area contributed by atoms with Crippen LogP contribution in [-0.4, -0.2) is 36.2 Å². The second-order valence-electron chi connectivity index (χ2n) is 5.64. The number of rotatable bonds is 4. The van der Waals surface area contributed by atoms with E-state index in [1.54, 1.807) is 0 Å². The van der Waals surface area contributed by atoms with Gasteiger partial charge in [0.25, 0.3) is 0 Å². The molecule has 0 aliphatic carbocycles. The van der Waals surface area contributed by atoms with E-state index in [0.717, 1.165) is 6.07 Å². The number of anilines is 2. The maximum absolute atomic E-state index is 13.2. The molecule has 0 saturated carbocycles. The number of nitrogens with two attached hydrogens (primary N) is 1. The van der Waals surface area contributed by atoms with Crippen LogP contribution >= 0.6 is 0 Å². The van der Waals surface area contributed by atoms with E-state index in [1.807, 2.05) is 0 Å². The minimum absolute atomic E-state index is 0.0690. The Hall–Kier alpha value is -4.28. The Bertz CT molecular complexity index is 1190. The first-order valence-electron chi connectivity index (χ1n) is 7.88. The number of aromatic hydroxyl groups is 2. The molecule has 0 bridgehead atoms. The van der Waals surface area contributed by atoms with Crippen molar-refractivity contribution in [1.29, 1.82) is 0 Å². The summed E-state index contributed by atoms with van der Waals surface area (Å²) < 4.78 is 17.8. The van der Waals surface area contributed by atoms with Gasteiger partial charge in [0.15, 0.2) is 5.82 Å². The van der Waals surface area contributed by atoms with E-state index in [4.69, 9.17) is 5.84 Å². The van der Waals surface area contributed by atoms with Crippen LogP contribution in [0.5, 0.6) is 11.5 Å². The molecular weight excluding hydrogens is 369 g/mol. The average molecular weight is 381 g/mol. The predicted molar refractivity (Wildman–Crippen MR) is 96.7 cm³/mol. The molecule has 0 aliphatic heterocycles.